The van der Waals surface area contributed by atoms with Crippen LogP contribution in [0.15, 0.2) is 12.1 Å². The highest BCUT2D eigenvalue weighted by atomic mass is 16.5. The average molecular weight is 332 g/mol. The van der Waals surface area contributed by atoms with Crippen molar-refractivity contribution in [1.29, 1.82) is 5.26 Å². The molecule has 2 rings (SSSR count). The van der Waals surface area contributed by atoms with Gasteiger partial charge in [-0.25, -0.2) is 4.98 Å². The number of hydrogen-bond acceptors (Lipinski definition) is 6. The number of nitriles is 1. The molecule has 1 amide bonds. The number of rotatable bonds is 5. The molecule has 1 aromatic heterocycles. The first-order chi connectivity index (χ1) is 11.5. The number of amides is 1. The molecule has 7 heteroatoms. The molecule has 1 aromatic rings. The largest absolute Gasteiger partial charge is 0.389 e. The lowest BCUT2D eigenvalue weighted by atomic mass is 10.0. The molecule has 2 heterocycles. The Morgan fingerprint density at radius 1 is 1.58 bits per heavy atom. The van der Waals surface area contributed by atoms with Crippen LogP contribution in [0.2, 0.25) is 0 Å². The Kier molecular flexibility index (Phi) is 6.12. The molecule has 0 bridgehead atoms. The summed E-state index contributed by atoms with van der Waals surface area (Å²) in [6.07, 6.45) is -0.148. The van der Waals surface area contributed by atoms with Crippen LogP contribution in [-0.2, 0) is 9.53 Å². The number of methoxy groups -OCH3 is 1. The predicted octanol–water partition coefficient (Wildman–Crippen LogP) is 1.10. The van der Waals surface area contributed by atoms with Crippen molar-refractivity contribution >= 4 is 11.7 Å². The monoisotopic (exact) mass is 332 g/mol. The number of likely N-dealkylation sites (tertiary alicyclic amines) is 1. The number of nitrogens with zero attached hydrogens (tertiary/aromatic N) is 3. The number of aromatic nitrogens is 1. The zero-order valence-corrected chi connectivity index (χ0v) is 14.3. The molecular formula is C17H24N4O3. The van der Waals surface area contributed by atoms with Crippen LogP contribution < -0.4 is 5.32 Å². The topological polar surface area (TPSA) is 98.5 Å². The number of aliphatic hydroxyl groups is 1. The van der Waals surface area contributed by atoms with Gasteiger partial charge in [-0.3, -0.25) is 4.79 Å². The summed E-state index contributed by atoms with van der Waals surface area (Å²) < 4.78 is 4.85. The second-order valence-corrected chi connectivity index (χ2v) is 6.28. The molecule has 0 radical (unpaired) electrons. The summed E-state index contributed by atoms with van der Waals surface area (Å²) >= 11 is 0. The van der Waals surface area contributed by atoms with E-state index in [-0.39, 0.29) is 31.0 Å². The quantitative estimate of drug-likeness (QED) is 0.838. The van der Waals surface area contributed by atoms with Crippen molar-refractivity contribution in [2.75, 3.05) is 32.1 Å². The van der Waals surface area contributed by atoms with Crippen molar-refractivity contribution in [3.8, 4) is 6.07 Å². The summed E-state index contributed by atoms with van der Waals surface area (Å²) in [5, 5.41) is 22.8. The minimum Gasteiger partial charge on any atom is -0.389 e. The molecule has 0 aromatic carbocycles. The van der Waals surface area contributed by atoms with Crippen LogP contribution in [0.4, 0.5) is 5.82 Å². The van der Waals surface area contributed by atoms with Crippen molar-refractivity contribution in [2.24, 2.45) is 0 Å². The second-order valence-electron chi connectivity index (χ2n) is 6.28. The molecule has 1 aliphatic heterocycles. The smallest absolute Gasteiger partial charge is 0.248 e. The van der Waals surface area contributed by atoms with E-state index in [1.54, 1.807) is 11.0 Å². The Morgan fingerprint density at radius 2 is 2.33 bits per heavy atom. The predicted molar refractivity (Wildman–Crippen MR) is 89.5 cm³/mol. The van der Waals surface area contributed by atoms with Gasteiger partial charge in [-0.05, 0) is 24.5 Å². The van der Waals surface area contributed by atoms with E-state index in [0.717, 1.165) is 5.69 Å². The maximum atomic E-state index is 11.8. The Balaban J connectivity index is 2.08. The number of β-amino-alcohol motifs (C(OH)–C–C–N with tert-alkyl or cyclic N) is 1. The maximum absolute atomic E-state index is 11.8. The normalized spacial score (nSPS) is 20.8. The van der Waals surface area contributed by atoms with Gasteiger partial charge in [0.2, 0.25) is 5.91 Å². The van der Waals surface area contributed by atoms with Crippen LogP contribution in [0.25, 0.3) is 0 Å². The van der Waals surface area contributed by atoms with Crippen LogP contribution in [0.5, 0.6) is 0 Å². The van der Waals surface area contributed by atoms with Crippen LogP contribution in [-0.4, -0.2) is 59.8 Å². The molecule has 1 fully saturated rings. The molecule has 0 unspecified atom stereocenters. The van der Waals surface area contributed by atoms with Gasteiger partial charge in [-0.1, -0.05) is 13.8 Å². The number of nitrogens with one attached hydrogen (secondary N) is 1. The fourth-order valence-corrected chi connectivity index (χ4v) is 2.71. The number of piperidine rings is 1. The first kappa shape index (κ1) is 18.2. The molecule has 2 atom stereocenters. The Bertz CT molecular complexity index is 627. The summed E-state index contributed by atoms with van der Waals surface area (Å²) in [4.78, 5) is 17.9. The maximum Gasteiger partial charge on any atom is 0.248 e. The van der Waals surface area contributed by atoms with Gasteiger partial charge in [0.15, 0.2) is 0 Å². The second kappa shape index (κ2) is 8.08. The van der Waals surface area contributed by atoms with Gasteiger partial charge >= 0.3 is 0 Å². The van der Waals surface area contributed by atoms with E-state index in [0.29, 0.717) is 24.3 Å². The summed E-state index contributed by atoms with van der Waals surface area (Å²) in [5.41, 5.74) is 1.34. The third-order valence-electron chi connectivity index (χ3n) is 4.15. The fraction of sp³-hybridized carbons (Fsp3) is 0.588. The molecule has 0 saturated carbocycles. The third kappa shape index (κ3) is 4.22. The van der Waals surface area contributed by atoms with Crippen molar-refractivity contribution in [3.05, 3.63) is 23.4 Å². The first-order valence-corrected chi connectivity index (χ1v) is 8.08. The molecule has 130 valence electrons. The molecule has 0 spiro atoms. The summed E-state index contributed by atoms with van der Waals surface area (Å²) in [6, 6.07) is 5.46. The van der Waals surface area contributed by atoms with Gasteiger partial charge in [0.25, 0.3) is 0 Å². The molecule has 24 heavy (non-hydrogen) atoms. The van der Waals surface area contributed by atoms with Gasteiger partial charge < -0.3 is 20.1 Å². The molecular weight excluding hydrogens is 308 g/mol. The highest BCUT2D eigenvalue weighted by Crippen LogP contribution is 2.22. The minimum absolute atomic E-state index is 0.0153. The Labute approximate surface area is 142 Å². The van der Waals surface area contributed by atoms with E-state index >= 15 is 0 Å². The minimum atomic E-state index is -0.726. The van der Waals surface area contributed by atoms with E-state index in [2.05, 4.69) is 16.4 Å². The van der Waals surface area contributed by atoms with Gasteiger partial charge in [-0.15, -0.1) is 0 Å². The number of aliphatic hydroxyl groups excluding tert-OH is 1. The lowest BCUT2D eigenvalue weighted by molar-refractivity contribution is -0.138. The first-order valence-electron chi connectivity index (χ1n) is 8.08. The third-order valence-corrected chi connectivity index (χ3v) is 4.15. The zero-order valence-electron chi connectivity index (χ0n) is 14.3. The van der Waals surface area contributed by atoms with Crippen molar-refractivity contribution in [3.63, 3.8) is 0 Å². The van der Waals surface area contributed by atoms with Gasteiger partial charge in [-0.2, -0.15) is 5.26 Å². The number of carbonyl (C=O) groups is 1. The zero-order chi connectivity index (χ0) is 17.7. The number of anilines is 1. The number of hydrogen-bond donors (Lipinski definition) is 2. The Morgan fingerprint density at radius 3 is 2.92 bits per heavy atom. The van der Waals surface area contributed by atoms with Gasteiger partial charge in [0.05, 0.1) is 17.7 Å². The molecule has 2 N–H and O–H groups in total. The van der Waals surface area contributed by atoms with Gasteiger partial charge in [0.1, 0.15) is 18.5 Å². The van der Waals surface area contributed by atoms with E-state index in [1.165, 1.54) is 7.11 Å². The summed E-state index contributed by atoms with van der Waals surface area (Å²) in [5.74, 6) is 0.605. The van der Waals surface area contributed by atoms with Crippen molar-refractivity contribution in [2.45, 2.75) is 38.3 Å². The summed E-state index contributed by atoms with van der Waals surface area (Å²) in [7, 11) is 1.47. The molecule has 1 saturated heterocycles. The van der Waals surface area contributed by atoms with E-state index in [1.807, 2.05) is 19.9 Å². The van der Waals surface area contributed by atoms with Crippen molar-refractivity contribution < 1.29 is 14.6 Å². The fourth-order valence-electron chi connectivity index (χ4n) is 2.71. The van der Waals surface area contributed by atoms with Crippen LogP contribution >= 0.6 is 0 Å². The van der Waals surface area contributed by atoms with E-state index < -0.39 is 6.10 Å². The van der Waals surface area contributed by atoms with E-state index in [4.69, 9.17) is 4.74 Å². The number of ether oxygens (including phenoxy) is 1. The average Bonchev–Trinajstić information content (AvgIpc) is 2.56. The Hall–Kier alpha value is -2.17. The van der Waals surface area contributed by atoms with Crippen LogP contribution in [0.1, 0.15) is 37.4 Å². The van der Waals surface area contributed by atoms with Crippen molar-refractivity contribution in [1.82, 2.24) is 9.88 Å². The SMILES string of the molecule is COCC(=O)N1CC[C@@H](Nc2nc(C(C)C)ccc2C#N)[C@H](O)C1. The number of pyridine rings is 1. The van der Waals surface area contributed by atoms with Gasteiger partial charge in [0, 0.05) is 25.9 Å². The molecule has 0 aliphatic carbocycles. The highest BCUT2D eigenvalue weighted by Gasteiger charge is 2.30. The summed E-state index contributed by atoms with van der Waals surface area (Å²) in [6.45, 7) is 4.86. The van der Waals surface area contributed by atoms with Crippen LogP contribution in [0, 0.1) is 11.3 Å². The lowest BCUT2D eigenvalue weighted by Crippen LogP contribution is -2.52. The van der Waals surface area contributed by atoms with E-state index in [9.17, 15) is 15.2 Å². The lowest BCUT2D eigenvalue weighted by Gasteiger charge is -2.36. The van der Waals surface area contributed by atoms with Crippen LogP contribution in [0.3, 0.4) is 0 Å². The molecule has 7 nitrogen and oxygen atoms in total. The number of carbonyl (C=O) groups excluding carboxylic acids is 1. The highest BCUT2D eigenvalue weighted by molar-refractivity contribution is 5.77. The standard InChI is InChI=1S/C17H24N4O3/c1-11(2)13-5-4-12(8-18)17(19-13)20-14-6-7-21(9-15(14)22)16(23)10-24-3/h4-5,11,14-15,22H,6-7,9-10H2,1-3H3,(H,19,20)/t14-,15-/m1/s1. The molecule has 1 aliphatic rings.